The van der Waals surface area contributed by atoms with Crippen molar-refractivity contribution in [2.45, 2.75) is 0 Å². The smallest absolute Gasteiger partial charge is 0.265 e. The lowest BCUT2D eigenvalue weighted by molar-refractivity contribution is 0.348. The van der Waals surface area contributed by atoms with Crippen LogP contribution in [0.15, 0.2) is 72.8 Å². The van der Waals surface area contributed by atoms with Crippen LogP contribution >= 0.6 is 0 Å². The van der Waals surface area contributed by atoms with Crippen LogP contribution in [0.4, 0.5) is 0 Å². The van der Waals surface area contributed by atoms with Crippen molar-refractivity contribution in [1.29, 1.82) is 0 Å². The Hall–Kier alpha value is -2.26. The Kier molecular flexibility index (Phi) is 7.93. The Morgan fingerprint density at radius 1 is 0.630 bits per heavy atom. The molecule has 0 amide bonds. The van der Waals surface area contributed by atoms with E-state index < -0.39 is 25.3 Å². The summed E-state index contributed by atoms with van der Waals surface area (Å²) in [6.07, 6.45) is 6.33. The van der Waals surface area contributed by atoms with Crippen molar-refractivity contribution in [3.8, 4) is 0 Å². The zero-order valence-corrected chi connectivity index (χ0v) is 16.1. The van der Waals surface area contributed by atoms with Gasteiger partial charge in [-0.25, -0.2) is 0 Å². The molecule has 0 saturated heterocycles. The first kappa shape index (κ1) is 21.0. The number of hydrogen-bond donors (Lipinski definition) is 0. The third kappa shape index (κ3) is 8.78. The van der Waals surface area contributed by atoms with Crippen molar-refractivity contribution in [1.82, 2.24) is 0 Å². The molecular formula is C19H20O6S2. The molecule has 0 radical (unpaired) electrons. The quantitative estimate of drug-likeness (QED) is 0.562. The minimum atomic E-state index is -4.27. The molecule has 0 N–H and O–H groups in total. The molecule has 0 aliphatic carbocycles. The van der Waals surface area contributed by atoms with E-state index in [4.69, 9.17) is 0 Å². The van der Waals surface area contributed by atoms with Crippen LogP contribution in [0, 0.1) is 0 Å². The largest absolute Gasteiger partial charge is 0.284 e. The fraction of sp³-hybridized carbons (Fsp3) is 0.158. The van der Waals surface area contributed by atoms with Gasteiger partial charge in [0.05, 0.1) is 13.2 Å². The van der Waals surface area contributed by atoms with E-state index in [0.29, 0.717) is 0 Å². The zero-order chi connectivity index (χ0) is 19.6. The van der Waals surface area contributed by atoms with Gasteiger partial charge in [0.2, 0.25) is 5.08 Å². The monoisotopic (exact) mass is 408 g/mol. The summed E-state index contributed by atoms with van der Waals surface area (Å²) in [6, 6.07) is 18.4. The van der Waals surface area contributed by atoms with Crippen molar-refractivity contribution in [2.75, 3.05) is 18.3 Å². The lowest BCUT2D eigenvalue weighted by Crippen LogP contribution is -2.21. The van der Waals surface area contributed by atoms with Crippen molar-refractivity contribution in [2.24, 2.45) is 0 Å². The summed E-state index contributed by atoms with van der Waals surface area (Å²) in [7, 11) is -8.54. The molecule has 0 aliphatic rings. The van der Waals surface area contributed by atoms with Crippen molar-refractivity contribution in [3.05, 3.63) is 83.9 Å². The second-order valence-corrected chi connectivity index (χ2v) is 9.07. The number of hydrogen-bond acceptors (Lipinski definition) is 6. The Labute approximate surface area is 160 Å². The first-order valence-corrected chi connectivity index (χ1v) is 11.2. The molecule has 0 heterocycles. The molecule has 0 aromatic heterocycles. The van der Waals surface area contributed by atoms with Gasteiger partial charge in [0.15, 0.2) is 0 Å². The van der Waals surface area contributed by atoms with Crippen LogP contribution in [0.3, 0.4) is 0 Å². The van der Waals surface area contributed by atoms with Crippen molar-refractivity contribution < 1.29 is 25.2 Å². The molecule has 2 aromatic rings. The molecule has 144 valence electrons. The highest BCUT2D eigenvalue weighted by molar-refractivity contribution is 8.03. The van der Waals surface area contributed by atoms with Gasteiger partial charge >= 0.3 is 0 Å². The lowest BCUT2D eigenvalue weighted by atomic mass is 10.2. The highest BCUT2D eigenvalue weighted by Crippen LogP contribution is 2.06. The molecule has 6 nitrogen and oxygen atoms in total. The fourth-order valence-electron chi connectivity index (χ4n) is 2.03. The van der Waals surface area contributed by atoms with E-state index in [0.717, 1.165) is 11.1 Å². The average molecular weight is 408 g/mol. The van der Waals surface area contributed by atoms with Crippen LogP contribution < -0.4 is 0 Å². The van der Waals surface area contributed by atoms with Gasteiger partial charge in [-0.15, -0.1) is 0 Å². The van der Waals surface area contributed by atoms with E-state index in [-0.39, 0.29) is 13.2 Å². The molecule has 2 rings (SSSR count). The molecule has 0 aliphatic heterocycles. The Balaban J connectivity index is 1.78. The second-order valence-electron chi connectivity index (χ2n) is 5.43. The van der Waals surface area contributed by atoms with E-state index in [1.54, 1.807) is 12.2 Å². The van der Waals surface area contributed by atoms with Crippen LogP contribution in [-0.4, -0.2) is 35.1 Å². The SMILES string of the molecule is O=S(=O)(CS(=O)(=O)OCC=Cc1ccccc1)OCC=Cc1ccccc1. The van der Waals surface area contributed by atoms with Crippen molar-refractivity contribution in [3.63, 3.8) is 0 Å². The molecule has 0 saturated carbocycles. The van der Waals surface area contributed by atoms with Gasteiger partial charge in [-0.2, -0.15) is 16.8 Å². The van der Waals surface area contributed by atoms with E-state index in [1.807, 2.05) is 60.7 Å². The minimum Gasteiger partial charge on any atom is -0.265 e. The van der Waals surface area contributed by atoms with Gasteiger partial charge in [0, 0.05) is 0 Å². The van der Waals surface area contributed by atoms with Gasteiger partial charge in [-0.1, -0.05) is 85.0 Å². The average Bonchev–Trinajstić information content (AvgIpc) is 2.63. The Morgan fingerprint density at radius 3 is 1.37 bits per heavy atom. The Morgan fingerprint density at radius 2 is 1.00 bits per heavy atom. The maximum absolute atomic E-state index is 11.8. The maximum Gasteiger partial charge on any atom is 0.284 e. The normalized spacial score (nSPS) is 12.7. The molecule has 0 fully saturated rings. The van der Waals surface area contributed by atoms with Crippen LogP contribution in [-0.2, 0) is 28.6 Å². The maximum atomic E-state index is 11.8. The van der Waals surface area contributed by atoms with E-state index in [1.165, 1.54) is 12.2 Å². The predicted molar refractivity (Wildman–Crippen MR) is 106 cm³/mol. The van der Waals surface area contributed by atoms with Gasteiger partial charge in [0.25, 0.3) is 20.2 Å². The molecule has 8 heteroatoms. The molecule has 0 spiro atoms. The molecule has 2 aromatic carbocycles. The van der Waals surface area contributed by atoms with Gasteiger partial charge < -0.3 is 0 Å². The van der Waals surface area contributed by atoms with Crippen LogP contribution in [0.2, 0.25) is 0 Å². The topological polar surface area (TPSA) is 86.7 Å². The first-order chi connectivity index (χ1) is 12.9. The highest BCUT2D eigenvalue weighted by Gasteiger charge is 2.23. The summed E-state index contributed by atoms with van der Waals surface area (Å²) in [5, 5.41) is -1.24. The van der Waals surface area contributed by atoms with Crippen LogP contribution in [0.25, 0.3) is 12.2 Å². The minimum absolute atomic E-state index is 0.263. The van der Waals surface area contributed by atoms with Crippen molar-refractivity contribution >= 4 is 32.4 Å². The predicted octanol–water partition coefficient (Wildman–Crippen LogP) is 3.06. The first-order valence-electron chi connectivity index (χ1n) is 8.04. The lowest BCUT2D eigenvalue weighted by Gasteiger charge is -2.05. The molecule has 0 atom stereocenters. The number of benzene rings is 2. The van der Waals surface area contributed by atoms with E-state index >= 15 is 0 Å². The molecule has 27 heavy (non-hydrogen) atoms. The van der Waals surface area contributed by atoms with Gasteiger partial charge in [-0.05, 0) is 11.1 Å². The van der Waals surface area contributed by atoms with Crippen LogP contribution in [0.1, 0.15) is 11.1 Å². The summed E-state index contributed by atoms with van der Waals surface area (Å²) in [5.41, 5.74) is 1.75. The highest BCUT2D eigenvalue weighted by atomic mass is 32.3. The molecular weight excluding hydrogens is 388 g/mol. The second kappa shape index (κ2) is 10.2. The standard InChI is InChI=1S/C19H20O6S2/c20-26(21,24-15-7-13-18-9-3-1-4-10-18)17-27(22,23)25-16-8-14-19-11-5-2-6-12-19/h1-14H,15-17H2. The third-order valence-electron chi connectivity index (χ3n) is 3.20. The van der Waals surface area contributed by atoms with E-state index in [2.05, 4.69) is 8.37 Å². The summed E-state index contributed by atoms with van der Waals surface area (Å²) in [6.45, 7) is -0.526. The third-order valence-corrected chi connectivity index (χ3v) is 6.50. The zero-order valence-electron chi connectivity index (χ0n) is 14.5. The summed E-state index contributed by atoms with van der Waals surface area (Å²) >= 11 is 0. The van der Waals surface area contributed by atoms with Gasteiger partial charge in [-0.3, -0.25) is 8.37 Å². The summed E-state index contributed by atoms with van der Waals surface area (Å²) in [5.74, 6) is 0. The summed E-state index contributed by atoms with van der Waals surface area (Å²) < 4.78 is 56.5. The molecule has 0 bridgehead atoms. The Bertz CT molecular complexity index is 882. The number of rotatable bonds is 10. The summed E-state index contributed by atoms with van der Waals surface area (Å²) in [4.78, 5) is 0. The van der Waals surface area contributed by atoms with Gasteiger partial charge in [0.1, 0.15) is 0 Å². The van der Waals surface area contributed by atoms with E-state index in [9.17, 15) is 16.8 Å². The fourth-order valence-corrected chi connectivity index (χ4v) is 4.56. The molecule has 0 unspecified atom stereocenters. The van der Waals surface area contributed by atoms with Crippen LogP contribution in [0.5, 0.6) is 0 Å².